The maximum absolute atomic E-state index is 12.6. The fourth-order valence-corrected chi connectivity index (χ4v) is 5.39. The van der Waals surface area contributed by atoms with Crippen LogP contribution < -0.4 is 0 Å². The zero-order valence-corrected chi connectivity index (χ0v) is 13.8. The molecule has 0 unspecified atom stereocenters. The summed E-state index contributed by atoms with van der Waals surface area (Å²) in [5, 5.41) is 9.04. The molecule has 0 spiro atoms. The number of hydrogen-bond donors (Lipinski definition) is 1. The number of aromatic carboxylic acids is 1. The molecule has 118 valence electrons. The fourth-order valence-electron chi connectivity index (χ4n) is 2.43. The minimum absolute atomic E-state index is 0.0955. The van der Waals surface area contributed by atoms with E-state index in [1.165, 1.54) is 10.4 Å². The first-order chi connectivity index (χ1) is 9.86. The van der Waals surface area contributed by atoms with Crippen molar-refractivity contribution in [3.05, 3.63) is 16.5 Å². The van der Waals surface area contributed by atoms with E-state index in [2.05, 4.69) is 11.8 Å². The monoisotopic (exact) mass is 332 g/mol. The van der Waals surface area contributed by atoms with Gasteiger partial charge in [-0.2, -0.15) is 4.31 Å². The van der Waals surface area contributed by atoms with Crippen LogP contribution in [-0.4, -0.2) is 61.4 Å². The number of carboxylic acids is 1. The van der Waals surface area contributed by atoms with Gasteiger partial charge in [-0.1, -0.05) is 6.92 Å². The largest absolute Gasteiger partial charge is 0.477 e. The number of hydrogen-bond acceptors (Lipinski definition) is 5. The molecule has 1 aromatic rings. The van der Waals surface area contributed by atoms with Crippen LogP contribution >= 0.6 is 11.3 Å². The predicted octanol–water partition coefficient (Wildman–Crippen LogP) is 1.47. The second-order valence-corrected chi connectivity index (χ2v) is 8.35. The van der Waals surface area contributed by atoms with Gasteiger partial charge in [-0.05, 0) is 31.5 Å². The van der Waals surface area contributed by atoms with Gasteiger partial charge in [-0.15, -0.1) is 11.3 Å². The molecular formula is C13H20N2O4S2. The van der Waals surface area contributed by atoms with Crippen LogP contribution in [0.1, 0.15) is 28.6 Å². The van der Waals surface area contributed by atoms with Crippen LogP contribution in [-0.2, 0) is 10.0 Å². The first-order valence-electron chi connectivity index (χ1n) is 6.92. The third-order valence-electron chi connectivity index (χ3n) is 3.55. The van der Waals surface area contributed by atoms with Gasteiger partial charge < -0.3 is 10.0 Å². The predicted molar refractivity (Wildman–Crippen MR) is 81.5 cm³/mol. The third kappa shape index (κ3) is 3.45. The van der Waals surface area contributed by atoms with E-state index in [4.69, 9.17) is 5.11 Å². The van der Waals surface area contributed by atoms with E-state index in [0.29, 0.717) is 18.7 Å². The average Bonchev–Trinajstić information content (AvgIpc) is 2.83. The average molecular weight is 332 g/mol. The van der Waals surface area contributed by atoms with Crippen LogP contribution in [0.5, 0.6) is 0 Å². The number of sulfonamides is 1. The molecule has 0 aromatic carbocycles. The molecule has 0 atom stereocenters. The van der Waals surface area contributed by atoms with E-state index in [-0.39, 0.29) is 9.09 Å². The van der Waals surface area contributed by atoms with Gasteiger partial charge in [0.1, 0.15) is 9.09 Å². The van der Waals surface area contributed by atoms with Crippen molar-refractivity contribution in [1.82, 2.24) is 9.21 Å². The van der Waals surface area contributed by atoms with E-state index in [0.717, 1.165) is 37.4 Å². The summed E-state index contributed by atoms with van der Waals surface area (Å²) in [5.41, 5.74) is 0.496. The van der Waals surface area contributed by atoms with E-state index < -0.39 is 16.0 Å². The number of carboxylic acid groups (broad SMARTS) is 1. The van der Waals surface area contributed by atoms with Crippen LogP contribution in [0.2, 0.25) is 0 Å². The Kier molecular flexibility index (Phi) is 5.03. The Hall–Kier alpha value is -0.960. The minimum Gasteiger partial charge on any atom is -0.477 e. The molecule has 0 saturated carbocycles. The van der Waals surface area contributed by atoms with E-state index >= 15 is 0 Å². The number of carbonyl (C=O) groups is 1. The highest BCUT2D eigenvalue weighted by atomic mass is 32.2. The molecule has 1 aromatic heterocycles. The number of aryl methyl sites for hydroxylation is 1. The summed E-state index contributed by atoms with van der Waals surface area (Å²) in [7, 11) is -3.57. The second-order valence-electron chi connectivity index (χ2n) is 5.13. The van der Waals surface area contributed by atoms with E-state index in [9.17, 15) is 13.2 Å². The Morgan fingerprint density at radius 2 is 1.95 bits per heavy atom. The summed E-state index contributed by atoms with van der Waals surface area (Å²) in [4.78, 5) is 13.4. The summed E-state index contributed by atoms with van der Waals surface area (Å²) in [5.74, 6) is -1.08. The quantitative estimate of drug-likeness (QED) is 0.883. The van der Waals surface area contributed by atoms with Gasteiger partial charge >= 0.3 is 5.97 Å². The third-order valence-corrected chi connectivity index (χ3v) is 7.13. The van der Waals surface area contributed by atoms with Crippen LogP contribution in [0.3, 0.4) is 0 Å². The first kappa shape index (κ1) is 16.4. The van der Waals surface area contributed by atoms with E-state index in [1.807, 2.05) is 0 Å². The lowest BCUT2D eigenvalue weighted by Crippen LogP contribution is -2.48. The molecule has 1 aliphatic rings. The van der Waals surface area contributed by atoms with Gasteiger partial charge in [0.2, 0.25) is 0 Å². The van der Waals surface area contributed by atoms with Gasteiger partial charge in [0.25, 0.3) is 10.0 Å². The lowest BCUT2D eigenvalue weighted by molar-refractivity contribution is 0.0701. The molecular weight excluding hydrogens is 312 g/mol. The van der Waals surface area contributed by atoms with Crippen LogP contribution in [0.4, 0.5) is 0 Å². The Bertz CT molecular complexity index is 616. The highest BCUT2D eigenvalue weighted by Crippen LogP contribution is 2.29. The number of rotatable bonds is 5. The zero-order chi connectivity index (χ0) is 15.6. The van der Waals surface area contributed by atoms with Crippen molar-refractivity contribution in [3.63, 3.8) is 0 Å². The lowest BCUT2D eigenvalue weighted by atomic mass is 10.3. The minimum atomic E-state index is -3.57. The first-order valence-corrected chi connectivity index (χ1v) is 9.18. The zero-order valence-electron chi connectivity index (χ0n) is 12.2. The standard InChI is InChI=1S/C13H20N2O4S2/c1-3-4-14-5-7-15(8-6-14)21(18,19)11-9-10(2)12(20-11)13(16)17/h9H,3-8H2,1-2H3,(H,16,17). The van der Waals surface area contributed by atoms with Crippen molar-refractivity contribution in [2.75, 3.05) is 32.7 Å². The molecule has 1 N–H and O–H groups in total. The second kappa shape index (κ2) is 6.43. The van der Waals surface area contributed by atoms with Crippen molar-refractivity contribution >= 4 is 27.3 Å². The molecule has 2 rings (SSSR count). The molecule has 0 bridgehead atoms. The molecule has 0 radical (unpaired) electrons. The van der Waals surface area contributed by atoms with E-state index in [1.54, 1.807) is 6.92 Å². The normalized spacial score (nSPS) is 18.0. The number of nitrogens with zero attached hydrogens (tertiary/aromatic N) is 2. The van der Waals surface area contributed by atoms with Gasteiger partial charge in [0, 0.05) is 26.2 Å². The number of thiophene rings is 1. The summed E-state index contributed by atoms with van der Waals surface area (Å²) < 4.78 is 26.7. The molecule has 1 aliphatic heterocycles. The molecule has 6 nitrogen and oxygen atoms in total. The maximum atomic E-state index is 12.6. The highest BCUT2D eigenvalue weighted by Gasteiger charge is 2.30. The molecule has 8 heteroatoms. The van der Waals surface area contributed by atoms with Crippen molar-refractivity contribution in [1.29, 1.82) is 0 Å². The smallest absolute Gasteiger partial charge is 0.346 e. The Balaban J connectivity index is 2.16. The van der Waals surface area contributed by atoms with Crippen LogP contribution in [0, 0.1) is 6.92 Å². The molecule has 1 fully saturated rings. The Labute approximate surface area is 129 Å². The Morgan fingerprint density at radius 3 is 2.43 bits per heavy atom. The maximum Gasteiger partial charge on any atom is 0.346 e. The summed E-state index contributed by atoms with van der Waals surface area (Å²) in [6.45, 7) is 7.08. The molecule has 2 heterocycles. The van der Waals surface area contributed by atoms with Crippen molar-refractivity contribution in [3.8, 4) is 0 Å². The van der Waals surface area contributed by atoms with Crippen LogP contribution in [0.15, 0.2) is 10.3 Å². The van der Waals surface area contributed by atoms with Crippen LogP contribution in [0.25, 0.3) is 0 Å². The Morgan fingerprint density at radius 1 is 1.33 bits per heavy atom. The number of piperazine rings is 1. The van der Waals surface area contributed by atoms with Crippen molar-refractivity contribution in [2.45, 2.75) is 24.5 Å². The topological polar surface area (TPSA) is 77.9 Å². The summed E-state index contributed by atoms with van der Waals surface area (Å²) >= 11 is 0.836. The summed E-state index contributed by atoms with van der Waals surface area (Å²) in [6, 6.07) is 1.46. The molecule has 21 heavy (non-hydrogen) atoms. The van der Waals surface area contributed by atoms with Crippen molar-refractivity contribution < 1.29 is 18.3 Å². The van der Waals surface area contributed by atoms with Crippen molar-refractivity contribution in [2.24, 2.45) is 0 Å². The van der Waals surface area contributed by atoms with Gasteiger partial charge in [0.05, 0.1) is 0 Å². The van der Waals surface area contributed by atoms with Gasteiger partial charge in [-0.25, -0.2) is 13.2 Å². The lowest BCUT2D eigenvalue weighted by Gasteiger charge is -2.33. The SMILES string of the molecule is CCCN1CCN(S(=O)(=O)c2cc(C)c(C(=O)O)s2)CC1. The molecule has 1 saturated heterocycles. The molecule has 0 aliphatic carbocycles. The molecule has 0 amide bonds. The van der Waals surface area contributed by atoms with Gasteiger partial charge in [0.15, 0.2) is 0 Å². The summed E-state index contributed by atoms with van der Waals surface area (Å²) in [6.07, 6.45) is 1.05. The van der Waals surface area contributed by atoms with Gasteiger partial charge in [-0.3, -0.25) is 0 Å². The highest BCUT2D eigenvalue weighted by molar-refractivity contribution is 7.91. The fraction of sp³-hybridized carbons (Fsp3) is 0.615.